The fourth-order valence-corrected chi connectivity index (χ4v) is 2.68. The lowest BCUT2D eigenvalue weighted by Crippen LogP contribution is -2.37. The Morgan fingerprint density at radius 3 is 2.80 bits per heavy atom. The average Bonchev–Trinajstić information content (AvgIpc) is 2.43. The van der Waals surface area contributed by atoms with Crippen molar-refractivity contribution < 1.29 is 14.6 Å². The molecule has 1 aliphatic rings. The lowest BCUT2D eigenvalue weighted by atomic mass is 10.0. The van der Waals surface area contributed by atoms with E-state index in [0.29, 0.717) is 0 Å². The topological polar surface area (TPSA) is 49.8 Å². The van der Waals surface area contributed by atoms with E-state index in [0.717, 1.165) is 43.1 Å². The van der Waals surface area contributed by atoms with E-state index in [4.69, 9.17) is 21.4 Å². The SMILES string of the molecule is Cc1c(Cl)cccc1CN1CCC(OCC(=O)O)CC1. The number of rotatable bonds is 5. The molecule has 1 saturated heterocycles. The van der Waals surface area contributed by atoms with Crippen LogP contribution in [0.4, 0.5) is 0 Å². The zero-order chi connectivity index (χ0) is 14.5. The van der Waals surface area contributed by atoms with E-state index in [9.17, 15) is 4.79 Å². The molecule has 20 heavy (non-hydrogen) atoms. The van der Waals surface area contributed by atoms with Crippen molar-refractivity contribution >= 4 is 17.6 Å². The third-order valence-electron chi connectivity index (χ3n) is 3.75. The van der Waals surface area contributed by atoms with Gasteiger partial charge in [-0.05, 0) is 37.0 Å². The van der Waals surface area contributed by atoms with Crippen molar-refractivity contribution in [2.24, 2.45) is 0 Å². The molecule has 1 aromatic carbocycles. The van der Waals surface area contributed by atoms with Crippen LogP contribution in [0.1, 0.15) is 24.0 Å². The van der Waals surface area contributed by atoms with Crippen molar-refractivity contribution in [2.45, 2.75) is 32.4 Å². The summed E-state index contributed by atoms with van der Waals surface area (Å²) in [6.07, 6.45) is 1.84. The van der Waals surface area contributed by atoms with Gasteiger partial charge < -0.3 is 9.84 Å². The first-order valence-corrected chi connectivity index (χ1v) is 7.24. The Morgan fingerprint density at radius 1 is 1.45 bits per heavy atom. The Labute approximate surface area is 124 Å². The van der Waals surface area contributed by atoms with Crippen LogP contribution in [0.5, 0.6) is 0 Å². The average molecular weight is 298 g/mol. The van der Waals surface area contributed by atoms with Crippen molar-refractivity contribution in [2.75, 3.05) is 19.7 Å². The monoisotopic (exact) mass is 297 g/mol. The Balaban J connectivity index is 1.82. The van der Waals surface area contributed by atoms with Gasteiger partial charge in [0.25, 0.3) is 0 Å². The predicted octanol–water partition coefficient (Wildman–Crippen LogP) is 2.71. The first-order valence-electron chi connectivity index (χ1n) is 6.86. The largest absolute Gasteiger partial charge is 0.480 e. The number of likely N-dealkylation sites (tertiary alicyclic amines) is 1. The summed E-state index contributed by atoms with van der Waals surface area (Å²) in [5.41, 5.74) is 2.39. The number of hydrogen-bond donors (Lipinski definition) is 1. The fourth-order valence-electron chi connectivity index (χ4n) is 2.49. The number of piperidine rings is 1. The molecule has 0 saturated carbocycles. The predicted molar refractivity (Wildman–Crippen MR) is 78.1 cm³/mol. The zero-order valence-corrected chi connectivity index (χ0v) is 12.4. The van der Waals surface area contributed by atoms with Gasteiger partial charge in [0.1, 0.15) is 6.61 Å². The highest BCUT2D eigenvalue weighted by atomic mass is 35.5. The van der Waals surface area contributed by atoms with Crippen LogP contribution in [-0.4, -0.2) is 41.8 Å². The smallest absolute Gasteiger partial charge is 0.329 e. The third-order valence-corrected chi connectivity index (χ3v) is 4.16. The summed E-state index contributed by atoms with van der Waals surface area (Å²) in [5.74, 6) is -0.901. The summed E-state index contributed by atoms with van der Waals surface area (Å²) in [6, 6.07) is 5.99. The number of benzene rings is 1. The molecule has 0 spiro atoms. The maximum Gasteiger partial charge on any atom is 0.329 e. The number of carbonyl (C=O) groups is 1. The molecule has 1 N–H and O–H groups in total. The number of aliphatic carboxylic acids is 1. The zero-order valence-electron chi connectivity index (χ0n) is 11.6. The number of nitrogens with zero attached hydrogens (tertiary/aromatic N) is 1. The van der Waals surface area contributed by atoms with Crippen molar-refractivity contribution in [3.05, 3.63) is 34.3 Å². The molecule has 0 aliphatic carbocycles. The van der Waals surface area contributed by atoms with Crippen LogP contribution in [0, 0.1) is 6.92 Å². The van der Waals surface area contributed by atoms with Gasteiger partial charge in [0.15, 0.2) is 0 Å². The van der Waals surface area contributed by atoms with Crippen LogP contribution in [0.3, 0.4) is 0 Å². The van der Waals surface area contributed by atoms with Crippen molar-refractivity contribution in [1.29, 1.82) is 0 Å². The lowest BCUT2D eigenvalue weighted by Gasteiger charge is -2.32. The van der Waals surface area contributed by atoms with E-state index >= 15 is 0 Å². The molecule has 4 nitrogen and oxygen atoms in total. The van der Waals surface area contributed by atoms with Gasteiger partial charge in [0.05, 0.1) is 6.10 Å². The number of hydrogen-bond acceptors (Lipinski definition) is 3. The molecule has 1 aromatic rings. The molecule has 5 heteroatoms. The van der Waals surface area contributed by atoms with Crippen LogP contribution < -0.4 is 0 Å². The van der Waals surface area contributed by atoms with Crippen LogP contribution in [0.15, 0.2) is 18.2 Å². The Kier molecular flexibility index (Phi) is 5.40. The van der Waals surface area contributed by atoms with E-state index in [1.807, 2.05) is 19.1 Å². The van der Waals surface area contributed by atoms with Gasteiger partial charge in [0, 0.05) is 24.7 Å². The van der Waals surface area contributed by atoms with Crippen LogP contribution in [0.2, 0.25) is 5.02 Å². The highest BCUT2D eigenvalue weighted by Crippen LogP contribution is 2.22. The molecule has 110 valence electrons. The van der Waals surface area contributed by atoms with Gasteiger partial charge in [0.2, 0.25) is 0 Å². The standard InChI is InChI=1S/C15H20ClNO3/c1-11-12(3-2-4-14(11)16)9-17-7-5-13(6-8-17)20-10-15(18)19/h2-4,13H,5-10H2,1H3,(H,18,19). The van der Waals surface area contributed by atoms with Crippen molar-refractivity contribution in [3.8, 4) is 0 Å². The molecule has 1 fully saturated rings. The number of ether oxygens (including phenoxy) is 1. The maximum atomic E-state index is 10.5. The molecule has 0 bridgehead atoms. The summed E-state index contributed by atoms with van der Waals surface area (Å²) >= 11 is 6.13. The molecular weight excluding hydrogens is 278 g/mol. The molecule has 0 aromatic heterocycles. The lowest BCUT2D eigenvalue weighted by molar-refractivity contribution is -0.145. The van der Waals surface area contributed by atoms with Gasteiger partial charge in [-0.15, -0.1) is 0 Å². The molecule has 0 atom stereocenters. The highest BCUT2D eigenvalue weighted by molar-refractivity contribution is 6.31. The molecule has 2 rings (SSSR count). The second-order valence-electron chi connectivity index (χ2n) is 5.20. The third kappa shape index (κ3) is 4.20. The van der Waals surface area contributed by atoms with Gasteiger partial charge >= 0.3 is 5.97 Å². The normalized spacial score (nSPS) is 17.3. The Hall–Kier alpha value is -1.10. The number of halogens is 1. The Bertz CT molecular complexity index is 470. The van der Waals surface area contributed by atoms with Crippen molar-refractivity contribution in [1.82, 2.24) is 4.90 Å². The Morgan fingerprint density at radius 2 is 2.15 bits per heavy atom. The van der Waals surface area contributed by atoms with Gasteiger partial charge in [-0.2, -0.15) is 0 Å². The van der Waals surface area contributed by atoms with E-state index in [2.05, 4.69) is 11.0 Å². The summed E-state index contributed by atoms with van der Waals surface area (Å²) in [6.45, 7) is 4.59. The number of carboxylic acid groups (broad SMARTS) is 1. The first-order chi connectivity index (χ1) is 9.56. The molecule has 0 radical (unpaired) electrons. The maximum absolute atomic E-state index is 10.5. The van der Waals surface area contributed by atoms with E-state index in [1.165, 1.54) is 5.56 Å². The summed E-state index contributed by atoms with van der Waals surface area (Å²) < 4.78 is 5.34. The minimum absolute atomic E-state index is 0.0720. The fraction of sp³-hybridized carbons (Fsp3) is 0.533. The molecule has 1 aliphatic heterocycles. The van der Waals surface area contributed by atoms with Crippen LogP contribution in [-0.2, 0) is 16.1 Å². The first kappa shape index (κ1) is 15.3. The summed E-state index contributed by atoms with van der Waals surface area (Å²) in [5, 5.41) is 9.41. The molecule has 1 heterocycles. The van der Waals surface area contributed by atoms with E-state index in [1.54, 1.807) is 0 Å². The molecular formula is C15H20ClNO3. The van der Waals surface area contributed by atoms with E-state index in [-0.39, 0.29) is 12.7 Å². The van der Waals surface area contributed by atoms with Crippen LogP contribution in [0.25, 0.3) is 0 Å². The summed E-state index contributed by atoms with van der Waals surface area (Å²) in [7, 11) is 0. The highest BCUT2D eigenvalue weighted by Gasteiger charge is 2.20. The molecule has 0 unspecified atom stereocenters. The van der Waals surface area contributed by atoms with E-state index < -0.39 is 5.97 Å². The minimum atomic E-state index is -0.901. The number of carboxylic acids is 1. The van der Waals surface area contributed by atoms with Gasteiger partial charge in [-0.3, -0.25) is 4.90 Å². The second kappa shape index (κ2) is 7.07. The molecule has 0 amide bonds. The quantitative estimate of drug-likeness (QED) is 0.908. The summed E-state index contributed by atoms with van der Waals surface area (Å²) in [4.78, 5) is 12.8. The van der Waals surface area contributed by atoms with Crippen LogP contribution >= 0.6 is 11.6 Å². The van der Waals surface area contributed by atoms with Gasteiger partial charge in [-0.25, -0.2) is 4.79 Å². The van der Waals surface area contributed by atoms with Gasteiger partial charge in [-0.1, -0.05) is 23.7 Å². The second-order valence-corrected chi connectivity index (χ2v) is 5.61. The van der Waals surface area contributed by atoms with Crippen molar-refractivity contribution in [3.63, 3.8) is 0 Å². The minimum Gasteiger partial charge on any atom is -0.480 e.